The average Bonchev–Trinajstić information content (AvgIpc) is 3.20. The van der Waals surface area contributed by atoms with Crippen molar-refractivity contribution in [3.05, 3.63) is 71.3 Å². The van der Waals surface area contributed by atoms with Crippen LogP contribution in [-0.2, 0) is 10.0 Å². The van der Waals surface area contributed by atoms with Gasteiger partial charge < -0.3 is 5.73 Å². The number of halogens is 2. The van der Waals surface area contributed by atoms with E-state index in [9.17, 15) is 12.8 Å². The standard InChI is InChI=1S/C20H18ClFN4O2S/c21-14-5-3-13(4-6-14)17-12-24-20(23)25-19(17)18-2-1-11-26(18)29(27,28)16-9-7-15(22)8-10-16/h3-10,12,18H,1-2,11H2,(H2,23,24,25)/t18-/m0/s1. The third kappa shape index (κ3) is 3.83. The quantitative estimate of drug-likeness (QED) is 0.671. The third-order valence-corrected chi connectivity index (χ3v) is 7.11. The van der Waals surface area contributed by atoms with Gasteiger partial charge in [-0.15, -0.1) is 0 Å². The summed E-state index contributed by atoms with van der Waals surface area (Å²) < 4.78 is 41.1. The van der Waals surface area contributed by atoms with E-state index in [-0.39, 0.29) is 10.8 Å². The molecule has 0 saturated carbocycles. The lowest BCUT2D eigenvalue weighted by molar-refractivity contribution is 0.391. The monoisotopic (exact) mass is 432 g/mol. The first kappa shape index (κ1) is 19.8. The predicted molar refractivity (Wildman–Crippen MR) is 109 cm³/mol. The van der Waals surface area contributed by atoms with E-state index >= 15 is 0 Å². The molecular formula is C20H18ClFN4O2S. The van der Waals surface area contributed by atoms with E-state index in [1.807, 2.05) is 12.1 Å². The first-order valence-corrected chi connectivity index (χ1v) is 10.8. The van der Waals surface area contributed by atoms with Crippen LogP contribution in [0.15, 0.2) is 59.6 Å². The second-order valence-electron chi connectivity index (χ2n) is 6.76. The lowest BCUT2D eigenvalue weighted by Gasteiger charge is -2.25. The molecule has 0 amide bonds. The van der Waals surface area contributed by atoms with Crippen molar-refractivity contribution >= 4 is 27.6 Å². The van der Waals surface area contributed by atoms with Crippen LogP contribution in [0.2, 0.25) is 5.02 Å². The minimum atomic E-state index is -3.83. The van der Waals surface area contributed by atoms with Gasteiger partial charge in [-0.1, -0.05) is 23.7 Å². The Bertz CT molecular complexity index is 1140. The van der Waals surface area contributed by atoms with Crippen LogP contribution in [0.4, 0.5) is 10.3 Å². The minimum absolute atomic E-state index is 0.0425. The zero-order valence-corrected chi connectivity index (χ0v) is 16.9. The first-order valence-electron chi connectivity index (χ1n) is 9.02. The summed E-state index contributed by atoms with van der Waals surface area (Å²) in [6, 6.07) is 11.5. The maximum Gasteiger partial charge on any atom is 0.243 e. The highest BCUT2D eigenvalue weighted by Crippen LogP contribution is 2.40. The number of hydrogen-bond acceptors (Lipinski definition) is 5. The van der Waals surface area contributed by atoms with Gasteiger partial charge in [-0.3, -0.25) is 0 Å². The number of nitrogens with two attached hydrogens (primary N) is 1. The summed E-state index contributed by atoms with van der Waals surface area (Å²) in [4.78, 5) is 8.52. The van der Waals surface area contributed by atoms with Gasteiger partial charge in [-0.05, 0) is 54.8 Å². The molecule has 1 saturated heterocycles. The zero-order valence-electron chi connectivity index (χ0n) is 15.3. The van der Waals surface area contributed by atoms with E-state index in [0.717, 1.165) is 17.7 Å². The smallest absolute Gasteiger partial charge is 0.243 e. The molecule has 4 rings (SSSR count). The average molecular weight is 433 g/mol. The number of nitrogens with zero attached hydrogens (tertiary/aromatic N) is 3. The van der Waals surface area contributed by atoms with Crippen LogP contribution in [-0.4, -0.2) is 29.2 Å². The summed E-state index contributed by atoms with van der Waals surface area (Å²) >= 11 is 5.99. The fourth-order valence-electron chi connectivity index (χ4n) is 3.56. The molecule has 3 aromatic rings. The molecule has 150 valence electrons. The highest BCUT2D eigenvalue weighted by Gasteiger charge is 2.38. The third-order valence-electron chi connectivity index (χ3n) is 4.93. The number of anilines is 1. The van der Waals surface area contributed by atoms with Crippen LogP contribution < -0.4 is 5.73 Å². The first-order chi connectivity index (χ1) is 13.9. The van der Waals surface area contributed by atoms with E-state index in [0.29, 0.717) is 35.7 Å². The number of hydrogen-bond donors (Lipinski definition) is 1. The molecular weight excluding hydrogens is 415 g/mol. The number of sulfonamides is 1. The molecule has 6 nitrogen and oxygen atoms in total. The van der Waals surface area contributed by atoms with Gasteiger partial charge in [0, 0.05) is 23.3 Å². The Labute approximate surface area is 173 Å². The molecule has 1 aliphatic heterocycles. The molecule has 1 fully saturated rings. The van der Waals surface area contributed by atoms with Gasteiger partial charge in [0.25, 0.3) is 0 Å². The second-order valence-corrected chi connectivity index (χ2v) is 9.09. The van der Waals surface area contributed by atoms with Crippen molar-refractivity contribution in [2.24, 2.45) is 0 Å². The van der Waals surface area contributed by atoms with Crippen molar-refractivity contribution in [2.75, 3.05) is 12.3 Å². The van der Waals surface area contributed by atoms with Crippen molar-refractivity contribution in [3.8, 4) is 11.1 Å². The Morgan fingerprint density at radius 2 is 1.79 bits per heavy atom. The molecule has 2 N–H and O–H groups in total. The lowest BCUT2D eigenvalue weighted by atomic mass is 10.0. The normalized spacial score (nSPS) is 17.5. The van der Waals surface area contributed by atoms with Gasteiger partial charge in [-0.25, -0.2) is 22.8 Å². The summed E-state index contributed by atoms with van der Waals surface area (Å²) in [7, 11) is -3.83. The highest BCUT2D eigenvalue weighted by molar-refractivity contribution is 7.89. The maximum absolute atomic E-state index is 13.3. The van der Waals surface area contributed by atoms with Gasteiger partial charge in [0.2, 0.25) is 16.0 Å². The molecule has 2 aromatic carbocycles. The molecule has 1 aliphatic rings. The van der Waals surface area contributed by atoms with E-state index in [4.69, 9.17) is 17.3 Å². The lowest BCUT2D eigenvalue weighted by Crippen LogP contribution is -2.31. The van der Waals surface area contributed by atoms with Gasteiger partial charge in [0.05, 0.1) is 16.6 Å². The predicted octanol–water partition coefficient (Wildman–Crippen LogP) is 4.04. The maximum atomic E-state index is 13.3. The Morgan fingerprint density at radius 1 is 1.10 bits per heavy atom. The largest absolute Gasteiger partial charge is 0.368 e. The van der Waals surface area contributed by atoms with Crippen molar-refractivity contribution in [3.63, 3.8) is 0 Å². The van der Waals surface area contributed by atoms with Crippen LogP contribution in [0.1, 0.15) is 24.6 Å². The number of benzene rings is 2. The highest BCUT2D eigenvalue weighted by atomic mass is 35.5. The van der Waals surface area contributed by atoms with Crippen LogP contribution >= 0.6 is 11.6 Å². The van der Waals surface area contributed by atoms with Crippen LogP contribution in [0, 0.1) is 5.82 Å². The molecule has 2 heterocycles. The Hall–Kier alpha value is -2.55. The van der Waals surface area contributed by atoms with Crippen molar-refractivity contribution in [1.29, 1.82) is 0 Å². The Balaban J connectivity index is 1.79. The summed E-state index contributed by atoms with van der Waals surface area (Å²) in [6.45, 7) is 0.342. The minimum Gasteiger partial charge on any atom is -0.368 e. The number of nitrogen functional groups attached to an aromatic ring is 1. The fourth-order valence-corrected chi connectivity index (χ4v) is 5.34. The molecule has 0 bridgehead atoms. The molecule has 0 spiro atoms. The van der Waals surface area contributed by atoms with Crippen molar-refractivity contribution in [2.45, 2.75) is 23.8 Å². The number of aromatic nitrogens is 2. The molecule has 1 aromatic heterocycles. The molecule has 0 unspecified atom stereocenters. The summed E-state index contributed by atoms with van der Waals surface area (Å²) in [6.07, 6.45) is 2.87. The van der Waals surface area contributed by atoms with Gasteiger partial charge >= 0.3 is 0 Å². The van der Waals surface area contributed by atoms with Gasteiger partial charge in [-0.2, -0.15) is 4.31 Å². The van der Waals surface area contributed by atoms with Crippen molar-refractivity contribution < 1.29 is 12.8 Å². The van der Waals surface area contributed by atoms with E-state index in [2.05, 4.69) is 9.97 Å². The van der Waals surface area contributed by atoms with Crippen LogP contribution in [0.5, 0.6) is 0 Å². The summed E-state index contributed by atoms with van der Waals surface area (Å²) in [5.74, 6) is -0.417. The summed E-state index contributed by atoms with van der Waals surface area (Å²) in [5.41, 5.74) is 7.88. The van der Waals surface area contributed by atoms with Gasteiger partial charge in [0.15, 0.2) is 0 Å². The fraction of sp³-hybridized carbons (Fsp3) is 0.200. The molecule has 0 aliphatic carbocycles. The van der Waals surface area contributed by atoms with Crippen molar-refractivity contribution in [1.82, 2.24) is 14.3 Å². The Morgan fingerprint density at radius 3 is 2.48 bits per heavy atom. The van der Waals surface area contributed by atoms with Crippen LogP contribution in [0.3, 0.4) is 0 Å². The van der Waals surface area contributed by atoms with E-state index in [1.165, 1.54) is 16.4 Å². The van der Waals surface area contributed by atoms with E-state index < -0.39 is 21.9 Å². The molecule has 29 heavy (non-hydrogen) atoms. The Kier molecular flexibility index (Phi) is 5.24. The zero-order chi connectivity index (χ0) is 20.6. The molecule has 0 radical (unpaired) electrons. The molecule has 1 atom stereocenters. The SMILES string of the molecule is Nc1ncc(-c2ccc(Cl)cc2)c([C@@H]2CCCN2S(=O)(=O)c2ccc(F)cc2)n1. The summed E-state index contributed by atoms with van der Waals surface area (Å²) in [5, 5.41) is 0.591. The van der Waals surface area contributed by atoms with E-state index in [1.54, 1.807) is 18.3 Å². The molecule has 9 heteroatoms. The number of rotatable bonds is 4. The van der Waals surface area contributed by atoms with Gasteiger partial charge in [0.1, 0.15) is 5.82 Å². The second kappa shape index (κ2) is 7.70. The van der Waals surface area contributed by atoms with Crippen LogP contribution in [0.25, 0.3) is 11.1 Å². The topological polar surface area (TPSA) is 89.2 Å².